The molecule has 5 heterocycles. The molecule has 1 N–H and O–H groups in total. The van der Waals surface area contributed by atoms with E-state index in [0.717, 1.165) is 41.4 Å². The lowest BCUT2D eigenvalue weighted by atomic mass is 9.84. The lowest BCUT2D eigenvalue weighted by Gasteiger charge is -2.28. The van der Waals surface area contributed by atoms with Crippen LogP contribution in [0.4, 0.5) is 17.6 Å². The van der Waals surface area contributed by atoms with Crippen LogP contribution < -0.4 is 16.4 Å². The molecule has 4 aromatic rings. The van der Waals surface area contributed by atoms with Gasteiger partial charge in [-0.2, -0.15) is 37.2 Å². The minimum Gasteiger partial charge on any atom is -0.307 e. The molecule has 1 saturated carbocycles. The average molecular weight is 681 g/mol. The molecule has 1 atom stereocenters. The summed E-state index contributed by atoms with van der Waals surface area (Å²) in [6, 6.07) is 2.91. The van der Waals surface area contributed by atoms with E-state index >= 15 is 0 Å². The Kier molecular flexibility index (Phi) is 12.5. The zero-order chi connectivity index (χ0) is 27.1. The van der Waals surface area contributed by atoms with Crippen LogP contribution in [0.3, 0.4) is 0 Å². The van der Waals surface area contributed by atoms with Crippen molar-refractivity contribution in [2.24, 2.45) is 0 Å². The topological polar surface area (TPSA) is 90.6 Å². The molecule has 41 heavy (non-hydrogen) atoms. The molecule has 18 heteroatoms. The molecule has 1 aliphatic carbocycles. The molecule has 1 aliphatic heterocycles. The van der Waals surface area contributed by atoms with Gasteiger partial charge in [-0.1, -0.05) is 29.6 Å². The first-order chi connectivity index (χ1) is 18.2. The Morgan fingerprint density at radius 3 is 1.63 bits per heavy atom. The predicted molar refractivity (Wildman–Crippen MR) is 161 cm³/mol. The highest BCUT2D eigenvalue weighted by Gasteiger charge is 2.28. The molecule has 0 unspecified atom stereocenters. The van der Waals surface area contributed by atoms with Gasteiger partial charge in [0.25, 0.3) is 24.0 Å². The highest BCUT2D eigenvalue weighted by atomic mass is 35.5. The minimum atomic E-state index is -2.62. The van der Waals surface area contributed by atoms with E-state index in [2.05, 4.69) is 15.5 Å². The first kappa shape index (κ1) is 35.3. The van der Waals surface area contributed by atoms with Gasteiger partial charge in [0.1, 0.15) is 22.7 Å². The predicted octanol–water partition coefficient (Wildman–Crippen LogP) is 4.78. The van der Waals surface area contributed by atoms with E-state index in [9.17, 15) is 27.2 Å². The van der Waals surface area contributed by atoms with E-state index in [1.165, 1.54) is 15.1 Å². The van der Waals surface area contributed by atoms with Crippen molar-refractivity contribution in [3.05, 3.63) is 66.9 Å². The summed E-state index contributed by atoms with van der Waals surface area (Å²) in [4.78, 5) is 24.6. The van der Waals surface area contributed by atoms with Gasteiger partial charge in [0.05, 0.1) is 29.2 Å². The van der Waals surface area contributed by atoms with Crippen molar-refractivity contribution in [2.75, 3.05) is 6.54 Å². The second-order valence-electron chi connectivity index (χ2n) is 9.17. The van der Waals surface area contributed by atoms with Gasteiger partial charge < -0.3 is 5.32 Å². The normalized spacial score (nSPS) is 16.3. The van der Waals surface area contributed by atoms with Gasteiger partial charge in [-0.05, 0) is 37.9 Å². The summed E-state index contributed by atoms with van der Waals surface area (Å²) in [5.41, 5.74) is -0.739. The van der Waals surface area contributed by atoms with Crippen molar-refractivity contribution in [3.63, 3.8) is 0 Å². The van der Waals surface area contributed by atoms with Gasteiger partial charge in [0.2, 0.25) is 0 Å². The second-order valence-corrected chi connectivity index (χ2v) is 9.98. The third kappa shape index (κ3) is 7.02. The Morgan fingerprint density at radius 2 is 1.27 bits per heavy atom. The van der Waals surface area contributed by atoms with Crippen LogP contribution in [0.15, 0.2) is 34.1 Å². The number of nitrogens with zero attached hydrogens (tertiary/aromatic N) is 6. The van der Waals surface area contributed by atoms with E-state index in [0.29, 0.717) is 11.6 Å². The van der Waals surface area contributed by atoms with E-state index in [1.807, 2.05) is 0 Å². The van der Waals surface area contributed by atoms with Crippen molar-refractivity contribution >= 4 is 73.6 Å². The maximum atomic E-state index is 12.7. The Hall–Kier alpha value is -1.91. The molecule has 4 aromatic heterocycles. The first-order valence-corrected chi connectivity index (χ1v) is 12.8. The number of rotatable bonds is 6. The fourth-order valence-electron chi connectivity index (χ4n) is 4.52. The number of halogens is 7. The van der Waals surface area contributed by atoms with Crippen LogP contribution in [0.5, 0.6) is 0 Å². The summed E-state index contributed by atoms with van der Waals surface area (Å²) in [7, 11) is 0. The van der Waals surface area contributed by atoms with Crippen molar-refractivity contribution in [2.45, 2.75) is 63.6 Å². The largest absolute Gasteiger partial charge is 0.307 e. The molecule has 2 fully saturated rings. The van der Waals surface area contributed by atoms with Crippen LogP contribution in [0.2, 0.25) is 10.0 Å². The third-order valence-corrected chi connectivity index (χ3v) is 7.36. The van der Waals surface area contributed by atoms with E-state index in [4.69, 9.17) is 23.2 Å². The maximum absolute atomic E-state index is 12.7. The van der Waals surface area contributed by atoms with E-state index in [-0.39, 0.29) is 72.4 Å². The minimum absolute atomic E-state index is 0. The smallest absolute Gasteiger partial charge is 0.279 e. The van der Waals surface area contributed by atoms with E-state index < -0.39 is 37.1 Å². The molecule has 1 saturated heterocycles. The summed E-state index contributed by atoms with van der Waals surface area (Å²) < 4.78 is 55.5. The zero-order valence-electron chi connectivity index (χ0n) is 21.2. The molecule has 0 amide bonds. The number of fused-ring (bicyclic) bond motifs is 2. The molecular formula is C23H28Cl3F4N7O2S2. The number of hydrogen-bond acceptors (Lipinski definition) is 5. The van der Waals surface area contributed by atoms with Crippen LogP contribution in [0.25, 0.3) is 11.0 Å². The fourth-order valence-corrected chi connectivity index (χ4v) is 4.97. The van der Waals surface area contributed by atoms with Crippen molar-refractivity contribution < 1.29 is 17.6 Å². The molecule has 0 bridgehead atoms. The Labute approximate surface area is 261 Å². The Bertz CT molecular complexity index is 1490. The van der Waals surface area contributed by atoms with Crippen LogP contribution in [-0.2, 0) is 13.1 Å². The molecular weight excluding hydrogens is 653 g/mol. The maximum Gasteiger partial charge on any atom is 0.279 e. The summed E-state index contributed by atoms with van der Waals surface area (Å²) in [5.74, 6) is 0.865. The quantitative estimate of drug-likeness (QED) is 0.296. The summed E-state index contributed by atoms with van der Waals surface area (Å²) in [6.45, 7) is -0.507. The zero-order valence-corrected chi connectivity index (χ0v) is 25.6. The third-order valence-electron chi connectivity index (χ3n) is 6.75. The molecule has 0 spiro atoms. The number of nitrogens with one attached hydrogen (secondary N) is 1. The SMILES string of the molecule is Cl.O=c1c2c(Cl)ccn2nc(C2CCC2)n1CC(F)F.O=c1c2c(Cl)ccn2nc([C@@H]2CCN2)n1CC(F)F.S.S. The Balaban J connectivity index is 0.000000267. The van der Waals surface area contributed by atoms with Crippen molar-refractivity contribution in [1.82, 2.24) is 33.7 Å². The van der Waals surface area contributed by atoms with Crippen molar-refractivity contribution in [1.29, 1.82) is 0 Å². The highest BCUT2D eigenvalue weighted by Crippen LogP contribution is 2.35. The van der Waals surface area contributed by atoms with Gasteiger partial charge in [-0.3, -0.25) is 18.7 Å². The molecule has 9 nitrogen and oxygen atoms in total. The molecule has 0 aromatic carbocycles. The summed E-state index contributed by atoms with van der Waals surface area (Å²) >= 11 is 11.8. The summed E-state index contributed by atoms with van der Waals surface area (Å²) in [6.07, 6.45) is 1.51. The highest BCUT2D eigenvalue weighted by molar-refractivity contribution is 7.59. The van der Waals surface area contributed by atoms with Gasteiger partial charge >= 0.3 is 0 Å². The standard InChI is InChI=1S/C12H12ClF2N3O.C11H11ClF2N4O.ClH.2H2S/c13-8-4-5-18-10(8)12(19)17(6-9(14)15)11(16-18)7-2-1-3-7;12-6-2-4-18-9(6)11(19)17(5-8(13)14)10(16-18)7-1-3-15-7;;;/h4-5,7,9H,1-3,6H2;2,4,7-8,15H,1,3,5H2;1H;2*1H2/t;7-;;;/m.0.../s1. The lowest BCUT2D eigenvalue weighted by molar-refractivity contribution is 0.121. The molecule has 6 rings (SSSR count). The van der Waals surface area contributed by atoms with Crippen LogP contribution in [0, 0.1) is 0 Å². The molecule has 0 radical (unpaired) electrons. The fraction of sp³-hybridized carbons (Fsp3) is 0.478. The first-order valence-electron chi connectivity index (χ1n) is 12.0. The summed E-state index contributed by atoms with van der Waals surface area (Å²) in [5, 5.41) is 12.0. The monoisotopic (exact) mass is 679 g/mol. The van der Waals surface area contributed by atoms with Crippen LogP contribution in [0.1, 0.15) is 49.3 Å². The van der Waals surface area contributed by atoms with Gasteiger partial charge in [0, 0.05) is 18.3 Å². The van der Waals surface area contributed by atoms with Gasteiger partial charge in [0.15, 0.2) is 0 Å². The van der Waals surface area contributed by atoms with Crippen molar-refractivity contribution in [3.8, 4) is 0 Å². The van der Waals surface area contributed by atoms with Crippen LogP contribution in [-0.4, -0.2) is 47.8 Å². The molecule has 228 valence electrons. The van der Waals surface area contributed by atoms with E-state index in [1.54, 1.807) is 18.5 Å². The van der Waals surface area contributed by atoms with Gasteiger partial charge in [-0.25, -0.2) is 26.6 Å². The average Bonchev–Trinajstić information content (AvgIpc) is 3.33. The second kappa shape index (κ2) is 14.5. The number of aromatic nitrogens is 6. The van der Waals surface area contributed by atoms with Crippen LogP contribution >= 0.6 is 62.6 Å². The van der Waals surface area contributed by atoms with Gasteiger partial charge in [-0.15, -0.1) is 12.4 Å². The number of hydrogen-bond donors (Lipinski definition) is 1. The Morgan fingerprint density at radius 1 is 0.829 bits per heavy atom. The lowest BCUT2D eigenvalue weighted by Crippen LogP contribution is -2.41. The molecule has 2 aliphatic rings. The number of alkyl halides is 4.